The van der Waals surface area contributed by atoms with Crippen molar-refractivity contribution in [1.82, 2.24) is 4.41 Å². The molecule has 2 N–H and O–H groups in total. The highest BCUT2D eigenvalue weighted by molar-refractivity contribution is 7.89. The normalized spacial score (nSPS) is 11.4. The lowest BCUT2D eigenvalue weighted by Crippen LogP contribution is -2.37. The summed E-state index contributed by atoms with van der Waals surface area (Å²) in [6.45, 7) is 1.86. The van der Waals surface area contributed by atoms with Crippen molar-refractivity contribution in [3.05, 3.63) is 29.8 Å². The summed E-state index contributed by atoms with van der Waals surface area (Å²) in [5, 5.41) is 8.36. The Morgan fingerprint density at radius 2 is 1.94 bits per heavy atom. The van der Waals surface area contributed by atoms with Gasteiger partial charge in [0.05, 0.1) is 17.4 Å². The molecule has 0 aliphatic rings. The van der Waals surface area contributed by atoms with Gasteiger partial charge in [0.25, 0.3) is 10.0 Å². The van der Waals surface area contributed by atoms with Crippen molar-refractivity contribution < 1.29 is 8.42 Å². The summed E-state index contributed by atoms with van der Waals surface area (Å²) in [6, 6.07) is 8.24. The lowest BCUT2D eigenvalue weighted by Gasteiger charge is -2.15. The SMILES string of the molecule is Cc1ccc(S(=O)(=O)N(N)CCC#N)cc1. The molecular weight excluding hydrogens is 226 g/mol. The van der Waals surface area contributed by atoms with Gasteiger partial charge >= 0.3 is 0 Å². The van der Waals surface area contributed by atoms with Crippen LogP contribution in [0, 0.1) is 18.3 Å². The van der Waals surface area contributed by atoms with Gasteiger partial charge in [-0.05, 0) is 19.1 Å². The monoisotopic (exact) mass is 239 g/mol. The standard InChI is InChI=1S/C10H13N3O2S/c1-9-3-5-10(6-4-9)16(14,15)13(12)8-2-7-11/h3-6H,2,8,12H2,1H3. The molecule has 0 aliphatic heterocycles. The number of benzene rings is 1. The van der Waals surface area contributed by atoms with Crippen LogP contribution in [0.1, 0.15) is 12.0 Å². The molecule has 1 rings (SSSR count). The van der Waals surface area contributed by atoms with Crippen LogP contribution in [0.5, 0.6) is 0 Å². The van der Waals surface area contributed by atoms with Crippen LogP contribution in [0.25, 0.3) is 0 Å². The number of hydrogen-bond donors (Lipinski definition) is 1. The van der Waals surface area contributed by atoms with Crippen molar-refractivity contribution in [2.24, 2.45) is 5.84 Å². The Bertz CT molecular complexity index is 488. The number of nitrogens with two attached hydrogens (primary N) is 1. The highest BCUT2D eigenvalue weighted by Gasteiger charge is 2.20. The fraction of sp³-hybridized carbons (Fsp3) is 0.300. The van der Waals surface area contributed by atoms with E-state index in [0.29, 0.717) is 4.41 Å². The van der Waals surface area contributed by atoms with Crippen LogP contribution in [0.15, 0.2) is 29.2 Å². The Balaban J connectivity index is 2.94. The molecule has 0 atom stereocenters. The molecule has 0 saturated heterocycles. The van der Waals surface area contributed by atoms with Gasteiger partial charge in [-0.1, -0.05) is 17.7 Å². The third-order valence-corrected chi connectivity index (χ3v) is 3.74. The van der Waals surface area contributed by atoms with Crippen molar-refractivity contribution in [3.63, 3.8) is 0 Å². The molecule has 1 aromatic rings. The van der Waals surface area contributed by atoms with Gasteiger partial charge in [0.2, 0.25) is 0 Å². The number of sulfonamides is 1. The first-order valence-corrected chi connectivity index (χ1v) is 6.13. The third-order valence-electron chi connectivity index (χ3n) is 2.07. The maximum Gasteiger partial charge on any atom is 0.255 e. The van der Waals surface area contributed by atoms with Crippen molar-refractivity contribution in [2.45, 2.75) is 18.2 Å². The number of hydrazine groups is 1. The van der Waals surface area contributed by atoms with Gasteiger partial charge in [0.1, 0.15) is 0 Å². The van der Waals surface area contributed by atoms with Gasteiger partial charge in [-0.2, -0.15) is 5.26 Å². The minimum atomic E-state index is -3.67. The molecule has 0 aromatic heterocycles. The fourth-order valence-electron chi connectivity index (χ4n) is 1.13. The molecule has 0 radical (unpaired) electrons. The maximum absolute atomic E-state index is 11.8. The lowest BCUT2D eigenvalue weighted by atomic mass is 10.2. The summed E-state index contributed by atoms with van der Waals surface area (Å²) in [5.74, 6) is 5.40. The minimum absolute atomic E-state index is 0.00723. The van der Waals surface area contributed by atoms with E-state index in [-0.39, 0.29) is 17.9 Å². The molecule has 16 heavy (non-hydrogen) atoms. The first-order chi connectivity index (χ1) is 7.48. The Morgan fingerprint density at radius 1 is 1.38 bits per heavy atom. The zero-order chi connectivity index (χ0) is 12.2. The molecule has 0 saturated carbocycles. The maximum atomic E-state index is 11.8. The molecule has 0 aliphatic carbocycles. The number of nitrogens with zero attached hydrogens (tertiary/aromatic N) is 2. The first kappa shape index (κ1) is 12.6. The number of aryl methyl sites for hydroxylation is 1. The lowest BCUT2D eigenvalue weighted by molar-refractivity contribution is 0.433. The molecule has 86 valence electrons. The molecule has 0 unspecified atom stereocenters. The van der Waals surface area contributed by atoms with Gasteiger partial charge in [-0.25, -0.2) is 8.42 Å². The largest absolute Gasteiger partial charge is 0.255 e. The van der Waals surface area contributed by atoms with Crippen molar-refractivity contribution in [1.29, 1.82) is 5.26 Å². The van der Waals surface area contributed by atoms with E-state index in [1.807, 2.05) is 13.0 Å². The van der Waals surface area contributed by atoms with Gasteiger partial charge in [0, 0.05) is 6.54 Å². The van der Waals surface area contributed by atoms with E-state index < -0.39 is 10.0 Å². The average molecular weight is 239 g/mol. The number of nitriles is 1. The summed E-state index contributed by atoms with van der Waals surface area (Å²) >= 11 is 0. The Morgan fingerprint density at radius 3 is 2.44 bits per heavy atom. The highest BCUT2D eigenvalue weighted by atomic mass is 32.2. The zero-order valence-electron chi connectivity index (χ0n) is 8.92. The third kappa shape index (κ3) is 2.79. The molecule has 0 spiro atoms. The fourth-order valence-corrected chi connectivity index (χ4v) is 2.21. The zero-order valence-corrected chi connectivity index (χ0v) is 9.74. The van der Waals surface area contributed by atoms with Crippen LogP contribution in [0.4, 0.5) is 0 Å². The van der Waals surface area contributed by atoms with Crippen LogP contribution in [0.2, 0.25) is 0 Å². The summed E-state index contributed by atoms with van der Waals surface area (Å²) in [6.07, 6.45) is 0.0710. The second-order valence-electron chi connectivity index (χ2n) is 3.34. The molecule has 0 fully saturated rings. The second kappa shape index (κ2) is 5.07. The number of rotatable bonds is 4. The summed E-state index contributed by atoms with van der Waals surface area (Å²) in [7, 11) is -3.67. The predicted octanol–water partition coefficient (Wildman–Crippen LogP) is 0.773. The second-order valence-corrected chi connectivity index (χ2v) is 5.23. The van der Waals surface area contributed by atoms with E-state index in [4.69, 9.17) is 11.1 Å². The van der Waals surface area contributed by atoms with Gasteiger partial charge < -0.3 is 0 Å². The highest BCUT2D eigenvalue weighted by Crippen LogP contribution is 2.13. The smallest absolute Gasteiger partial charge is 0.255 e. The van der Waals surface area contributed by atoms with E-state index in [9.17, 15) is 8.42 Å². The quantitative estimate of drug-likeness (QED) is 0.621. The van der Waals surface area contributed by atoms with Crippen LogP contribution >= 0.6 is 0 Å². The van der Waals surface area contributed by atoms with E-state index in [0.717, 1.165) is 5.56 Å². The average Bonchev–Trinajstić information content (AvgIpc) is 2.26. The molecule has 1 aromatic carbocycles. The topological polar surface area (TPSA) is 87.2 Å². The van der Waals surface area contributed by atoms with E-state index in [1.165, 1.54) is 12.1 Å². The molecule has 6 heteroatoms. The predicted molar refractivity (Wildman–Crippen MR) is 59.5 cm³/mol. The van der Waals surface area contributed by atoms with Crippen LogP contribution in [-0.4, -0.2) is 19.4 Å². The Hall–Kier alpha value is -1.42. The molecule has 0 heterocycles. The van der Waals surface area contributed by atoms with Crippen molar-refractivity contribution >= 4 is 10.0 Å². The molecular formula is C10H13N3O2S. The van der Waals surface area contributed by atoms with E-state index in [2.05, 4.69) is 0 Å². The first-order valence-electron chi connectivity index (χ1n) is 4.69. The summed E-state index contributed by atoms with van der Waals surface area (Å²) in [5.41, 5.74) is 0.972. The summed E-state index contributed by atoms with van der Waals surface area (Å²) in [4.78, 5) is 0.138. The van der Waals surface area contributed by atoms with Crippen LogP contribution in [-0.2, 0) is 10.0 Å². The van der Waals surface area contributed by atoms with E-state index >= 15 is 0 Å². The number of hydrogen-bond acceptors (Lipinski definition) is 4. The van der Waals surface area contributed by atoms with E-state index in [1.54, 1.807) is 12.1 Å². The minimum Gasteiger partial charge on any atom is -0.255 e. The Labute approximate surface area is 95.1 Å². The molecule has 5 nitrogen and oxygen atoms in total. The van der Waals surface area contributed by atoms with Gasteiger partial charge in [0.15, 0.2) is 0 Å². The van der Waals surface area contributed by atoms with Crippen molar-refractivity contribution in [3.8, 4) is 6.07 Å². The Kier molecular flexibility index (Phi) is 4.01. The van der Waals surface area contributed by atoms with Crippen LogP contribution in [0.3, 0.4) is 0 Å². The van der Waals surface area contributed by atoms with Crippen LogP contribution < -0.4 is 5.84 Å². The summed E-state index contributed by atoms with van der Waals surface area (Å²) < 4.78 is 24.4. The molecule has 0 bridgehead atoms. The van der Waals surface area contributed by atoms with Gasteiger partial charge in [-0.3, -0.25) is 5.84 Å². The van der Waals surface area contributed by atoms with Crippen molar-refractivity contribution in [2.75, 3.05) is 6.54 Å². The molecule has 0 amide bonds. The van der Waals surface area contributed by atoms with Gasteiger partial charge in [-0.15, -0.1) is 4.41 Å².